The van der Waals surface area contributed by atoms with Crippen LogP contribution in [0.2, 0.25) is 0 Å². The molecular formula is C23H38N4O2. The van der Waals surface area contributed by atoms with Crippen LogP contribution in [-0.2, 0) is 9.53 Å². The molecule has 1 amide bonds. The Hall–Kier alpha value is -2.18. The van der Waals surface area contributed by atoms with Crippen molar-refractivity contribution in [2.45, 2.75) is 60.2 Å². The third-order valence-corrected chi connectivity index (χ3v) is 4.75. The number of morpholine rings is 1. The molecule has 1 aliphatic heterocycles. The molecule has 0 bridgehead atoms. The van der Waals surface area contributed by atoms with Gasteiger partial charge >= 0.3 is 0 Å². The summed E-state index contributed by atoms with van der Waals surface area (Å²) in [6.07, 6.45) is 1.25. The molecule has 2 rings (SSSR count). The number of nitrogens with one attached hydrogen (secondary N) is 1. The number of benzene rings is 1. The summed E-state index contributed by atoms with van der Waals surface area (Å²) in [5, 5.41) is 2.81. The summed E-state index contributed by atoms with van der Waals surface area (Å²) < 4.78 is 5.82. The number of carbonyl (C=O) groups is 1. The van der Waals surface area contributed by atoms with Gasteiger partial charge in [0.15, 0.2) is 0 Å². The zero-order valence-corrected chi connectivity index (χ0v) is 18.9. The Morgan fingerprint density at radius 1 is 1.34 bits per heavy atom. The monoisotopic (exact) mass is 402 g/mol. The number of hydrogen-bond acceptors (Lipinski definition) is 5. The van der Waals surface area contributed by atoms with Gasteiger partial charge in [-0.25, -0.2) is 4.99 Å². The molecule has 0 aromatic heterocycles. The summed E-state index contributed by atoms with van der Waals surface area (Å²) in [5.41, 5.74) is 8.11. The molecule has 3 unspecified atom stereocenters. The lowest BCUT2D eigenvalue weighted by atomic mass is 10.1. The Morgan fingerprint density at radius 2 is 1.97 bits per heavy atom. The normalized spacial score (nSPS) is 20.4. The molecule has 1 fully saturated rings. The van der Waals surface area contributed by atoms with Crippen LogP contribution in [0.5, 0.6) is 0 Å². The second-order valence-corrected chi connectivity index (χ2v) is 7.22. The van der Waals surface area contributed by atoms with Gasteiger partial charge in [-0.2, -0.15) is 0 Å². The molecule has 1 saturated heterocycles. The lowest BCUT2D eigenvalue weighted by Crippen LogP contribution is -2.45. The van der Waals surface area contributed by atoms with Crippen LogP contribution < -0.4 is 16.0 Å². The van der Waals surface area contributed by atoms with Crippen molar-refractivity contribution in [3.63, 3.8) is 0 Å². The van der Waals surface area contributed by atoms with Crippen LogP contribution in [0.4, 0.5) is 5.69 Å². The van der Waals surface area contributed by atoms with Crippen LogP contribution in [0.25, 0.3) is 5.70 Å². The van der Waals surface area contributed by atoms with Gasteiger partial charge in [0.25, 0.3) is 0 Å². The SMILES string of the molecule is C=C(N=C(NC(=O)CN)C(C)CC)c1cccc(N2CC(C)OC(C)C2)c1.CC. The van der Waals surface area contributed by atoms with Crippen molar-refractivity contribution < 1.29 is 9.53 Å². The molecular weight excluding hydrogens is 364 g/mol. The molecule has 6 nitrogen and oxygen atoms in total. The summed E-state index contributed by atoms with van der Waals surface area (Å²) in [6, 6.07) is 8.19. The molecule has 1 aliphatic rings. The summed E-state index contributed by atoms with van der Waals surface area (Å²) in [5.74, 6) is 0.477. The number of amides is 1. The van der Waals surface area contributed by atoms with Crippen molar-refractivity contribution in [3.05, 3.63) is 36.4 Å². The second kappa shape index (κ2) is 12.4. The number of amidine groups is 1. The van der Waals surface area contributed by atoms with Gasteiger partial charge in [-0.1, -0.05) is 46.4 Å². The first-order chi connectivity index (χ1) is 13.8. The number of ether oxygens (including phenoxy) is 1. The maximum absolute atomic E-state index is 11.7. The van der Waals surface area contributed by atoms with E-state index in [1.165, 1.54) is 0 Å². The van der Waals surface area contributed by atoms with Gasteiger partial charge in [0.05, 0.1) is 24.4 Å². The molecule has 3 atom stereocenters. The number of nitrogens with two attached hydrogens (primary N) is 1. The van der Waals surface area contributed by atoms with Crippen LogP contribution in [0.15, 0.2) is 35.8 Å². The van der Waals surface area contributed by atoms with E-state index in [1.54, 1.807) is 0 Å². The van der Waals surface area contributed by atoms with Crippen molar-refractivity contribution in [2.24, 2.45) is 16.6 Å². The van der Waals surface area contributed by atoms with Crippen molar-refractivity contribution >= 4 is 23.1 Å². The largest absolute Gasteiger partial charge is 0.372 e. The third-order valence-electron chi connectivity index (χ3n) is 4.75. The molecule has 0 spiro atoms. The van der Waals surface area contributed by atoms with Gasteiger partial charge in [0.1, 0.15) is 5.84 Å². The molecule has 0 radical (unpaired) electrons. The Labute approximate surface area is 176 Å². The Balaban J connectivity index is 0.00000204. The van der Waals surface area contributed by atoms with E-state index in [2.05, 4.69) is 54.7 Å². The van der Waals surface area contributed by atoms with E-state index in [0.29, 0.717) is 11.5 Å². The predicted octanol–water partition coefficient (Wildman–Crippen LogP) is 3.82. The Bertz CT molecular complexity index is 692. The number of hydrogen-bond donors (Lipinski definition) is 2. The lowest BCUT2D eigenvalue weighted by Gasteiger charge is -2.37. The highest BCUT2D eigenvalue weighted by molar-refractivity contribution is 6.01. The maximum atomic E-state index is 11.7. The number of aliphatic imine (C=N–C) groups is 1. The quantitative estimate of drug-likeness (QED) is 0.560. The first-order valence-electron chi connectivity index (χ1n) is 10.6. The minimum Gasteiger partial charge on any atom is -0.372 e. The Kier molecular flexibility index (Phi) is 10.6. The molecule has 0 aliphatic carbocycles. The molecule has 162 valence electrons. The van der Waals surface area contributed by atoms with Crippen molar-refractivity contribution in [1.29, 1.82) is 0 Å². The van der Waals surface area contributed by atoms with Crippen LogP contribution in [-0.4, -0.2) is 43.6 Å². The second-order valence-electron chi connectivity index (χ2n) is 7.22. The van der Waals surface area contributed by atoms with Crippen LogP contribution in [0.1, 0.15) is 53.5 Å². The standard InChI is InChI=1S/C21H32N4O2.C2H6/c1-6-14(2)21(24-20(26)11-22)23-17(5)18-8-7-9-19(10-18)25-12-15(3)27-16(4)13-25;1-2/h7-10,14-16H,5-6,11-13,22H2,1-4H3,(H,23,24,26);1-2H3. The fourth-order valence-electron chi connectivity index (χ4n) is 3.13. The Morgan fingerprint density at radius 3 is 2.52 bits per heavy atom. The predicted molar refractivity (Wildman–Crippen MR) is 123 cm³/mol. The first kappa shape index (κ1) is 24.9. The first-order valence-corrected chi connectivity index (χ1v) is 10.6. The van der Waals surface area contributed by atoms with Gasteiger partial charge in [0.2, 0.25) is 5.91 Å². The number of nitrogens with zero attached hydrogens (tertiary/aromatic N) is 2. The van der Waals surface area contributed by atoms with E-state index in [9.17, 15) is 4.79 Å². The molecule has 6 heteroatoms. The van der Waals surface area contributed by atoms with E-state index in [4.69, 9.17) is 10.5 Å². The van der Waals surface area contributed by atoms with Crippen LogP contribution in [0.3, 0.4) is 0 Å². The lowest BCUT2D eigenvalue weighted by molar-refractivity contribution is -0.118. The van der Waals surface area contributed by atoms with Gasteiger partial charge in [-0.3, -0.25) is 4.79 Å². The number of anilines is 1. The fraction of sp³-hybridized carbons (Fsp3) is 0.565. The molecule has 1 aromatic rings. The van der Waals surface area contributed by atoms with Crippen molar-refractivity contribution in [1.82, 2.24) is 5.32 Å². The summed E-state index contributed by atoms with van der Waals surface area (Å²) >= 11 is 0. The molecule has 0 saturated carbocycles. The van der Waals surface area contributed by atoms with E-state index in [0.717, 1.165) is 30.8 Å². The summed E-state index contributed by atoms with van der Waals surface area (Å²) in [4.78, 5) is 18.7. The highest BCUT2D eigenvalue weighted by atomic mass is 16.5. The van der Waals surface area contributed by atoms with E-state index >= 15 is 0 Å². The van der Waals surface area contributed by atoms with Gasteiger partial charge < -0.3 is 20.7 Å². The number of rotatable bonds is 6. The highest BCUT2D eigenvalue weighted by Crippen LogP contribution is 2.25. The van der Waals surface area contributed by atoms with Gasteiger partial charge in [-0.05, 0) is 32.4 Å². The molecule has 29 heavy (non-hydrogen) atoms. The highest BCUT2D eigenvalue weighted by Gasteiger charge is 2.22. The van der Waals surface area contributed by atoms with Gasteiger partial charge in [-0.15, -0.1) is 0 Å². The van der Waals surface area contributed by atoms with E-state index < -0.39 is 0 Å². The van der Waals surface area contributed by atoms with E-state index in [-0.39, 0.29) is 30.6 Å². The van der Waals surface area contributed by atoms with E-state index in [1.807, 2.05) is 32.9 Å². The summed E-state index contributed by atoms with van der Waals surface area (Å²) in [6.45, 7) is 18.0. The van der Waals surface area contributed by atoms with Crippen LogP contribution in [0, 0.1) is 5.92 Å². The maximum Gasteiger partial charge on any atom is 0.239 e. The molecule has 1 heterocycles. The fourth-order valence-corrected chi connectivity index (χ4v) is 3.13. The average molecular weight is 403 g/mol. The van der Waals surface area contributed by atoms with Crippen molar-refractivity contribution in [2.75, 3.05) is 24.5 Å². The minimum absolute atomic E-state index is 0.0647. The zero-order chi connectivity index (χ0) is 22.0. The number of carbonyl (C=O) groups excluding carboxylic acids is 1. The minimum atomic E-state index is -0.244. The molecule has 1 aromatic carbocycles. The van der Waals surface area contributed by atoms with Crippen LogP contribution >= 0.6 is 0 Å². The third kappa shape index (κ3) is 7.63. The van der Waals surface area contributed by atoms with Gasteiger partial charge in [0, 0.05) is 30.3 Å². The smallest absolute Gasteiger partial charge is 0.239 e. The average Bonchev–Trinajstić information content (AvgIpc) is 2.73. The summed E-state index contributed by atoms with van der Waals surface area (Å²) in [7, 11) is 0. The zero-order valence-electron chi connectivity index (χ0n) is 18.9. The molecule has 3 N–H and O–H groups in total. The van der Waals surface area contributed by atoms with Crippen molar-refractivity contribution in [3.8, 4) is 0 Å². The topological polar surface area (TPSA) is 80.0 Å².